The molecule has 2 nitrogen and oxygen atoms in total. The molecule has 0 aliphatic rings. The van der Waals surface area contributed by atoms with Crippen molar-refractivity contribution in [3.05, 3.63) is 79.1 Å². The van der Waals surface area contributed by atoms with Crippen LogP contribution in [0.15, 0.2) is 79.1 Å². The molecule has 0 spiro atoms. The average molecular weight is 325 g/mol. The van der Waals surface area contributed by atoms with Gasteiger partial charge in [-0.05, 0) is 51.7 Å². The van der Waals surface area contributed by atoms with Gasteiger partial charge in [-0.1, -0.05) is 42.5 Å². The summed E-state index contributed by atoms with van der Waals surface area (Å²) in [6.07, 6.45) is 4.14. The van der Waals surface area contributed by atoms with E-state index in [9.17, 15) is 0 Å². The zero-order chi connectivity index (χ0) is 14.1. The van der Waals surface area contributed by atoms with Crippen molar-refractivity contribution in [1.82, 2.24) is 4.98 Å². The normalized spacial score (nSPS) is 10.4. The van der Waals surface area contributed by atoms with E-state index in [1.807, 2.05) is 24.3 Å². The maximum Gasteiger partial charge on any atom is 0.388 e. The lowest BCUT2D eigenvalue weighted by atomic mass is 10.1. The summed E-state index contributed by atoms with van der Waals surface area (Å²) >= 11 is 1.70. The fourth-order valence-corrected chi connectivity index (χ4v) is 3.28. The Morgan fingerprint density at radius 2 is 1.36 bits per heavy atom. The van der Waals surface area contributed by atoms with E-state index in [0.717, 1.165) is 10.6 Å². The van der Waals surface area contributed by atoms with Crippen LogP contribution in [0.4, 0.5) is 0 Å². The quantitative estimate of drug-likeness (QED) is 0.507. The van der Waals surface area contributed by atoms with Gasteiger partial charge in [-0.15, -0.1) is 0 Å². The van der Waals surface area contributed by atoms with Crippen molar-refractivity contribution in [2.75, 3.05) is 0 Å². The maximum atomic E-state index is 4.67. The monoisotopic (exact) mass is 324 g/mol. The maximum absolute atomic E-state index is 4.67. The minimum Gasteiger partial charge on any atom is -1.00 e. The first-order valence-electron chi connectivity index (χ1n) is 6.83. The summed E-state index contributed by atoms with van der Waals surface area (Å²) in [7, 11) is 0. The second-order valence-electron chi connectivity index (χ2n) is 4.82. The molecule has 0 fully saturated rings. The lowest BCUT2D eigenvalue weighted by Crippen LogP contribution is -3.00. The van der Waals surface area contributed by atoms with Crippen LogP contribution in [0.5, 0.6) is 0 Å². The summed E-state index contributed by atoms with van der Waals surface area (Å²) < 4.78 is 3.28. The predicted octanol–water partition coefficient (Wildman–Crippen LogP) is 1.24. The Balaban J connectivity index is 0.00000144. The first-order valence-corrected chi connectivity index (χ1v) is 7.64. The van der Waals surface area contributed by atoms with Gasteiger partial charge in [-0.2, -0.15) is 4.57 Å². The number of halogens is 1. The topological polar surface area (TPSA) is 16.8 Å². The van der Waals surface area contributed by atoms with Gasteiger partial charge in [0.1, 0.15) is 0 Å². The minimum absolute atomic E-state index is 0. The van der Waals surface area contributed by atoms with Crippen LogP contribution in [-0.2, 0) is 0 Å². The smallest absolute Gasteiger partial charge is 0.388 e. The number of para-hydroxylation sites is 1. The third-order valence-electron chi connectivity index (χ3n) is 3.44. The summed E-state index contributed by atoms with van der Waals surface area (Å²) in [5.74, 6) is 0. The van der Waals surface area contributed by atoms with E-state index < -0.39 is 0 Å². The zero-order valence-corrected chi connectivity index (χ0v) is 13.3. The van der Waals surface area contributed by atoms with Crippen LogP contribution in [0, 0.1) is 0 Å². The third-order valence-corrected chi connectivity index (χ3v) is 4.49. The Morgan fingerprint density at radius 1 is 0.727 bits per heavy atom. The molecule has 0 saturated carbocycles. The molecule has 4 heteroatoms. The largest absolute Gasteiger partial charge is 1.00 e. The first-order chi connectivity index (χ1) is 10.4. The molecule has 0 unspecified atom stereocenters. The van der Waals surface area contributed by atoms with Gasteiger partial charge in [0, 0.05) is 0 Å². The van der Waals surface area contributed by atoms with Gasteiger partial charge in [0.2, 0.25) is 0 Å². The fourth-order valence-electron chi connectivity index (χ4n) is 2.35. The van der Waals surface area contributed by atoms with Crippen LogP contribution in [0.3, 0.4) is 0 Å². The van der Waals surface area contributed by atoms with E-state index in [2.05, 4.69) is 64.4 Å². The SMILES string of the molecule is [Cl-].c1ccc(-c2cc[n+](-c3nc4ccccc4s3)cc2)cc1. The Kier molecular flexibility index (Phi) is 4.18. The van der Waals surface area contributed by atoms with Crippen molar-refractivity contribution in [3.8, 4) is 16.3 Å². The number of rotatable bonds is 2. The molecule has 108 valence electrons. The number of hydrogen-bond acceptors (Lipinski definition) is 2. The summed E-state index contributed by atoms with van der Waals surface area (Å²) in [5, 5.41) is 0.996. The number of pyridine rings is 1. The summed E-state index contributed by atoms with van der Waals surface area (Å²) in [4.78, 5) is 4.67. The van der Waals surface area contributed by atoms with Gasteiger partial charge in [-0.3, -0.25) is 0 Å². The molecule has 2 heterocycles. The number of hydrogen-bond donors (Lipinski definition) is 0. The van der Waals surface area contributed by atoms with E-state index >= 15 is 0 Å². The number of benzene rings is 2. The standard InChI is InChI=1S/C18H13N2S.ClH/c1-2-6-14(7-3-1)15-10-12-20(13-11-15)18-19-16-8-4-5-9-17(16)21-18;/h1-13H;1H/q+1;/p-1. The molecule has 0 bridgehead atoms. The van der Waals surface area contributed by atoms with Crippen molar-refractivity contribution in [2.24, 2.45) is 0 Å². The Bertz CT molecular complexity index is 853. The molecule has 0 saturated heterocycles. The lowest BCUT2D eigenvalue weighted by Gasteiger charge is -2.00. The molecule has 2 aromatic heterocycles. The van der Waals surface area contributed by atoms with Crippen LogP contribution in [-0.4, -0.2) is 4.98 Å². The van der Waals surface area contributed by atoms with Crippen molar-refractivity contribution in [3.63, 3.8) is 0 Å². The zero-order valence-electron chi connectivity index (χ0n) is 11.7. The van der Waals surface area contributed by atoms with E-state index in [0.29, 0.717) is 0 Å². The van der Waals surface area contributed by atoms with E-state index in [1.54, 1.807) is 11.3 Å². The highest BCUT2D eigenvalue weighted by molar-refractivity contribution is 7.20. The molecule has 4 rings (SSSR count). The number of nitrogens with zero attached hydrogens (tertiary/aromatic N) is 2. The summed E-state index contributed by atoms with van der Waals surface area (Å²) in [5.41, 5.74) is 3.50. The third kappa shape index (κ3) is 2.73. The van der Waals surface area contributed by atoms with E-state index in [4.69, 9.17) is 0 Å². The molecule has 0 N–H and O–H groups in total. The van der Waals surface area contributed by atoms with Crippen molar-refractivity contribution >= 4 is 21.6 Å². The van der Waals surface area contributed by atoms with Crippen molar-refractivity contribution in [2.45, 2.75) is 0 Å². The highest BCUT2D eigenvalue weighted by atomic mass is 35.5. The van der Waals surface area contributed by atoms with Gasteiger partial charge < -0.3 is 12.4 Å². The lowest BCUT2D eigenvalue weighted by molar-refractivity contribution is -0.595. The molecule has 2 aromatic carbocycles. The number of aromatic nitrogens is 2. The minimum atomic E-state index is 0. The highest BCUT2D eigenvalue weighted by Gasteiger charge is 2.14. The van der Waals surface area contributed by atoms with Crippen LogP contribution in [0.2, 0.25) is 0 Å². The van der Waals surface area contributed by atoms with Crippen molar-refractivity contribution < 1.29 is 17.0 Å². The van der Waals surface area contributed by atoms with Crippen LogP contribution >= 0.6 is 11.3 Å². The van der Waals surface area contributed by atoms with E-state index in [-0.39, 0.29) is 12.4 Å². The predicted molar refractivity (Wildman–Crippen MR) is 86.6 cm³/mol. The first kappa shape index (κ1) is 14.7. The van der Waals surface area contributed by atoms with Crippen LogP contribution < -0.4 is 17.0 Å². The second kappa shape index (κ2) is 6.26. The number of fused-ring (bicyclic) bond motifs is 1. The second-order valence-corrected chi connectivity index (χ2v) is 5.83. The van der Waals surface area contributed by atoms with Gasteiger partial charge in [-0.25, -0.2) is 0 Å². The highest BCUT2D eigenvalue weighted by Crippen LogP contribution is 2.22. The Labute approximate surface area is 139 Å². The molecule has 0 amide bonds. The average Bonchev–Trinajstić information content (AvgIpc) is 3.00. The molecule has 4 aromatic rings. The van der Waals surface area contributed by atoms with Crippen LogP contribution in [0.25, 0.3) is 26.5 Å². The van der Waals surface area contributed by atoms with Gasteiger partial charge >= 0.3 is 5.13 Å². The Morgan fingerprint density at radius 3 is 2.09 bits per heavy atom. The molecule has 0 radical (unpaired) electrons. The summed E-state index contributed by atoms with van der Waals surface area (Å²) in [6, 6.07) is 22.9. The molecule has 0 atom stereocenters. The summed E-state index contributed by atoms with van der Waals surface area (Å²) in [6.45, 7) is 0. The van der Waals surface area contributed by atoms with Gasteiger partial charge in [0.15, 0.2) is 5.52 Å². The molecular weight excluding hydrogens is 312 g/mol. The molecule has 22 heavy (non-hydrogen) atoms. The van der Waals surface area contributed by atoms with Gasteiger partial charge in [0.05, 0.1) is 17.1 Å². The van der Waals surface area contributed by atoms with E-state index in [1.165, 1.54) is 15.8 Å². The van der Waals surface area contributed by atoms with Crippen LogP contribution in [0.1, 0.15) is 0 Å². The van der Waals surface area contributed by atoms with Crippen molar-refractivity contribution in [1.29, 1.82) is 0 Å². The van der Waals surface area contributed by atoms with Gasteiger partial charge in [0.25, 0.3) is 0 Å². The molecular formula is C18H13ClN2S. The number of thiazole rings is 1. The molecule has 0 aliphatic heterocycles. The Hall–Kier alpha value is -2.23. The fraction of sp³-hybridized carbons (Fsp3) is 0. The molecule has 0 aliphatic carbocycles.